The lowest BCUT2D eigenvalue weighted by Gasteiger charge is -2.01. The predicted molar refractivity (Wildman–Crippen MR) is 74.4 cm³/mol. The molecule has 0 N–H and O–H groups in total. The highest BCUT2D eigenvalue weighted by atomic mass is 35.5. The molecule has 0 radical (unpaired) electrons. The molecule has 0 aliphatic rings. The first kappa shape index (κ1) is 13.1. The first-order valence-electron chi connectivity index (χ1n) is 5.32. The Balaban J connectivity index is 2.34. The molecule has 0 saturated heterocycles. The van der Waals surface area contributed by atoms with E-state index in [4.69, 9.17) is 16.3 Å². The largest absolute Gasteiger partial charge is 0.384 e. The van der Waals surface area contributed by atoms with Gasteiger partial charge in [-0.05, 0) is 24.1 Å². The van der Waals surface area contributed by atoms with Crippen LogP contribution in [0.2, 0.25) is 5.28 Å². The van der Waals surface area contributed by atoms with E-state index in [2.05, 4.69) is 23.0 Å². The normalized spacial score (nSPS) is 11.2. The maximum absolute atomic E-state index is 5.93. The third kappa shape index (κ3) is 3.10. The van der Waals surface area contributed by atoms with E-state index in [1.165, 1.54) is 4.88 Å². The number of aromatic nitrogens is 2. The SMILES string of the molecule is CCc1cc2c(SCCOC)nc(Cl)nc2s1. The number of thiophene rings is 1. The van der Waals surface area contributed by atoms with Gasteiger partial charge in [-0.15, -0.1) is 23.1 Å². The fourth-order valence-electron chi connectivity index (χ4n) is 1.43. The molecule has 0 fully saturated rings. The zero-order valence-electron chi connectivity index (χ0n) is 9.70. The molecule has 0 saturated carbocycles. The van der Waals surface area contributed by atoms with Gasteiger partial charge in [0, 0.05) is 23.1 Å². The smallest absolute Gasteiger partial charge is 0.224 e. The maximum Gasteiger partial charge on any atom is 0.224 e. The highest BCUT2D eigenvalue weighted by Gasteiger charge is 2.10. The Hall–Kier alpha value is -0.360. The highest BCUT2D eigenvalue weighted by molar-refractivity contribution is 7.99. The molecule has 92 valence electrons. The maximum atomic E-state index is 5.93. The van der Waals surface area contributed by atoms with Gasteiger partial charge in [-0.25, -0.2) is 9.97 Å². The molecule has 0 aliphatic heterocycles. The number of fused-ring (bicyclic) bond motifs is 1. The summed E-state index contributed by atoms with van der Waals surface area (Å²) in [6.07, 6.45) is 1.01. The minimum Gasteiger partial charge on any atom is -0.384 e. The molecular formula is C11H13ClN2OS2. The monoisotopic (exact) mass is 288 g/mol. The number of halogens is 1. The summed E-state index contributed by atoms with van der Waals surface area (Å²) in [5.74, 6) is 0.871. The molecule has 0 bridgehead atoms. The summed E-state index contributed by atoms with van der Waals surface area (Å²) in [6, 6.07) is 2.16. The second kappa shape index (κ2) is 6.00. The number of hydrogen-bond acceptors (Lipinski definition) is 5. The van der Waals surface area contributed by atoms with Gasteiger partial charge in [-0.2, -0.15) is 0 Å². The average Bonchev–Trinajstić information content (AvgIpc) is 2.72. The van der Waals surface area contributed by atoms with E-state index in [0.29, 0.717) is 11.9 Å². The van der Waals surface area contributed by atoms with Gasteiger partial charge in [-0.1, -0.05) is 6.92 Å². The van der Waals surface area contributed by atoms with Crippen LogP contribution in [0.3, 0.4) is 0 Å². The lowest BCUT2D eigenvalue weighted by molar-refractivity contribution is 0.218. The number of methoxy groups -OCH3 is 1. The van der Waals surface area contributed by atoms with E-state index >= 15 is 0 Å². The Morgan fingerprint density at radius 2 is 2.29 bits per heavy atom. The van der Waals surface area contributed by atoms with E-state index in [1.807, 2.05) is 0 Å². The molecular weight excluding hydrogens is 276 g/mol. The van der Waals surface area contributed by atoms with Crippen molar-refractivity contribution in [1.82, 2.24) is 9.97 Å². The first-order chi connectivity index (χ1) is 8.24. The van der Waals surface area contributed by atoms with Crippen molar-refractivity contribution in [2.45, 2.75) is 18.4 Å². The van der Waals surface area contributed by atoms with Crippen molar-refractivity contribution < 1.29 is 4.74 Å². The van der Waals surface area contributed by atoms with Gasteiger partial charge >= 0.3 is 0 Å². The van der Waals surface area contributed by atoms with Crippen molar-refractivity contribution in [3.8, 4) is 0 Å². The number of rotatable bonds is 5. The van der Waals surface area contributed by atoms with Crippen molar-refractivity contribution in [2.75, 3.05) is 19.5 Å². The summed E-state index contributed by atoms with van der Waals surface area (Å²) in [7, 11) is 1.70. The molecule has 0 spiro atoms. The summed E-state index contributed by atoms with van der Waals surface area (Å²) in [4.78, 5) is 10.8. The van der Waals surface area contributed by atoms with Gasteiger partial charge in [0.25, 0.3) is 0 Å². The van der Waals surface area contributed by atoms with Crippen molar-refractivity contribution in [3.63, 3.8) is 0 Å². The standard InChI is InChI=1S/C11H13ClN2OS2/c1-3-7-6-8-9(16-5-4-15-2)13-11(12)14-10(8)17-7/h6H,3-5H2,1-2H3. The van der Waals surface area contributed by atoms with Crippen LogP contribution in [-0.2, 0) is 11.2 Å². The van der Waals surface area contributed by atoms with Crippen molar-refractivity contribution >= 4 is 44.9 Å². The minimum atomic E-state index is 0.321. The third-order valence-electron chi connectivity index (χ3n) is 2.26. The van der Waals surface area contributed by atoms with Crippen LogP contribution >= 0.6 is 34.7 Å². The number of hydrogen-bond donors (Lipinski definition) is 0. The summed E-state index contributed by atoms with van der Waals surface area (Å²) in [5.41, 5.74) is 0. The van der Waals surface area contributed by atoms with Crippen LogP contribution in [0.25, 0.3) is 10.2 Å². The Kier molecular flexibility index (Phi) is 4.62. The molecule has 2 aromatic rings. The number of aryl methyl sites for hydroxylation is 1. The molecule has 6 heteroatoms. The second-order valence-corrected chi connectivity index (χ2v) is 5.96. The fourth-order valence-corrected chi connectivity index (χ4v) is 3.63. The van der Waals surface area contributed by atoms with Crippen LogP contribution in [-0.4, -0.2) is 29.4 Å². The quantitative estimate of drug-likeness (QED) is 0.364. The molecule has 2 aromatic heterocycles. The van der Waals surface area contributed by atoms with Gasteiger partial charge in [0.15, 0.2) is 0 Å². The predicted octanol–water partition coefficient (Wildman–Crippen LogP) is 3.65. The molecule has 0 unspecified atom stereocenters. The molecule has 17 heavy (non-hydrogen) atoms. The van der Waals surface area contributed by atoms with E-state index in [-0.39, 0.29) is 0 Å². The van der Waals surface area contributed by atoms with Gasteiger partial charge in [0.2, 0.25) is 5.28 Å². The Morgan fingerprint density at radius 3 is 3.00 bits per heavy atom. The molecule has 0 amide bonds. The van der Waals surface area contributed by atoms with E-state index < -0.39 is 0 Å². The summed E-state index contributed by atoms with van der Waals surface area (Å²) in [6.45, 7) is 2.84. The van der Waals surface area contributed by atoms with Crippen LogP contribution in [0.4, 0.5) is 0 Å². The van der Waals surface area contributed by atoms with Gasteiger partial charge in [0.1, 0.15) is 9.86 Å². The van der Waals surface area contributed by atoms with E-state index in [1.54, 1.807) is 30.2 Å². The zero-order valence-corrected chi connectivity index (χ0v) is 12.1. The fraction of sp³-hybridized carbons (Fsp3) is 0.455. The van der Waals surface area contributed by atoms with Crippen LogP contribution in [0, 0.1) is 0 Å². The highest BCUT2D eigenvalue weighted by Crippen LogP contribution is 2.32. The first-order valence-corrected chi connectivity index (χ1v) is 7.50. The average molecular weight is 289 g/mol. The van der Waals surface area contributed by atoms with E-state index in [9.17, 15) is 0 Å². The van der Waals surface area contributed by atoms with Gasteiger partial charge in [-0.3, -0.25) is 0 Å². The number of nitrogens with zero attached hydrogens (tertiary/aromatic N) is 2. The van der Waals surface area contributed by atoms with E-state index in [0.717, 1.165) is 27.4 Å². The summed E-state index contributed by atoms with van der Waals surface area (Å²) < 4.78 is 5.04. The molecule has 2 heterocycles. The van der Waals surface area contributed by atoms with Crippen molar-refractivity contribution in [2.24, 2.45) is 0 Å². The Morgan fingerprint density at radius 1 is 1.47 bits per heavy atom. The Labute approximate surface area is 114 Å². The van der Waals surface area contributed by atoms with Crippen LogP contribution in [0.15, 0.2) is 11.1 Å². The number of thioether (sulfide) groups is 1. The summed E-state index contributed by atoms with van der Waals surface area (Å²) in [5, 5.41) is 2.38. The molecule has 2 rings (SSSR count). The lowest BCUT2D eigenvalue weighted by atomic mass is 10.3. The lowest BCUT2D eigenvalue weighted by Crippen LogP contribution is -1.93. The zero-order chi connectivity index (χ0) is 12.3. The van der Waals surface area contributed by atoms with Crippen LogP contribution in [0.5, 0.6) is 0 Å². The van der Waals surface area contributed by atoms with Crippen molar-refractivity contribution in [1.29, 1.82) is 0 Å². The molecule has 0 aliphatic carbocycles. The third-order valence-corrected chi connectivity index (χ3v) is 4.55. The van der Waals surface area contributed by atoms with Crippen molar-refractivity contribution in [3.05, 3.63) is 16.2 Å². The summed E-state index contributed by atoms with van der Waals surface area (Å²) >= 11 is 9.27. The molecule has 3 nitrogen and oxygen atoms in total. The second-order valence-electron chi connectivity index (χ2n) is 3.42. The molecule has 0 aromatic carbocycles. The minimum absolute atomic E-state index is 0.321. The van der Waals surface area contributed by atoms with Crippen LogP contribution < -0.4 is 0 Å². The number of ether oxygens (including phenoxy) is 1. The van der Waals surface area contributed by atoms with Crippen LogP contribution in [0.1, 0.15) is 11.8 Å². The topological polar surface area (TPSA) is 35.0 Å². The molecule has 0 atom stereocenters. The van der Waals surface area contributed by atoms with Gasteiger partial charge in [0.05, 0.1) is 6.61 Å². The van der Waals surface area contributed by atoms with Gasteiger partial charge < -0.3 is 4.74 Å². The Bertz CT molecular complexity index is 515.